The molecule has 1 heterocycles. The van der Waals surface area contributed by atoms with Crippen LogP contribution in [-0.4, -0.2) is 18.9 Å². The van der Waals surface area contributed by atoms with E-state index in [1.165, 1.54) is 18.3 Å². The molecule has 0 aliphatic rings. The van der Waals surface area contributed by atoms with Crippen molar-refractivity contribution in [2.45, 2.75) is 16.3 Å². The second-order valence-electron chi connectivity index (χ2n) is 6.51. The van der Waals surface area contributed by atoms with Crippen LogP contribution in [0.4, 0.5) is 5.69 Å². The average molecular weight is 425 g/mol. The fourth-order valence-electron chi connectivity index (χ4n) is 3.18. The van der Waals surface area contributed by atoms with Crippen LogP contribution in [0, 0.1) is 0 Å². The molecule has 1 amide bonds. The standard InChI is InChI=1S/C22H17ClN2O3S/c23-16-10-12-18(13-11-16)29(27,28)21-14-25(20-9-5-4-8-19(20)21)15-22(26)24-17-6-2-1-3-7-17/h1-14H,15H2,(H,24,26). The number of sulfone groups is 1. The lowest BCUT2D eigenvalue weighted by atomic mass is 10.2. The van der Waals surface area contributed by atoms with E-state index in [0.717, 1.165) is 0 Å². The predicted octanol–water partition coefficient (Wildman–Crippen LogP) is 4.77. The third-order valence-corrected chi connectivity index (χ3v) is 6.59. The molecule has 1 aromatic heterocycles. The second-order valence-corrected chi connectivity index (χ2v) is 8.86. The van der Waals surface area contributed by atoms with E-state index in [1.807, 2.05) is 24.3 Å². The van der Waals surface area contributed by atoms with E-state index < -0.39 is 9.84 Å². The van der Waals surface area contributed by atoms with Crippen LogP contribution >= 0.6 is 11.6 Å². The summed E-state index contributed by atoms with van der Waals surface area (Å²) in [7, 11) is -3.77. The van der Waals surface area contributed by atoms with Gasteiger partial charge in [-0.2, -0.15) is 0 Å². The van der Waals surface area contributed by atoms with Crippen molar-refractivity contribution < 1.29 is 13.2 Å². The molecule has 7 heteroatoms. The highest BCUT2D eigenvalue weighted by Crippen LogP contribution is 2.30. The molecule has 0 bridgehead atoms. The maximum absolute atomic E-state index is 13.2. The van der Waals surface area contributed by atoms with Crippen LogP contribution in [0.1, 0.15) is 0 Å². The van der Waals surface area contributed by atoms with Gasteiger partial charge in [0, 0.05) is 27.8 Å². The van der Waals surface area contributed by atoms with Crippen molar-refractivity contribution in [3.8, 4) is 0 Å². The minimum atomic E-state index is -3.77. The van der Waals surface area contributed by atoms with Crippen LogP contribution in [0.3, 0.4) is 0 Å². The van der Waals surface area contributed by atoms with Crippen LogP contribution in [-0.2, 0) is 21.2 Å². The first-order valence-corrected chi connectivity index (χ1v) is 10.7. The molecule has 0 unspecified atom stereocenters. The molecule has 0 fully saturated rings. The number of hydrogen-bond donors (Lipinski definition) is 1. The van der Waals surface area contributed by atoms with E-state index in [4.69, 9.17) is 11.6 Å². The van der Waals surface area contributed by atoms with Gasteiger partial charge in [-0.3, -0.25) is 4.79 Å². The average Bonchev–Trinajstić information content (AvgIpc) is 3.08. The van der Waals surface area contributed by atoms with Crippen LogP contribution < -0.4 is 5.32 Å². The molecule has 146 valence electrons. The third-order valence-electron chi connectivity index (χ3n) is 4.54. The highest BCUT2D eigenvalue weighted by Gasteiger charge is 2.23. The number of hydrogen-bond acceptors (Lipinski definition) is 3. The maximum Gasteiger partial charge on any atom is 0.244 e. The minimum absolute atomic E-state index is 0.00839. The van der Waals surface area contributed by atoms with Gasteiger partial charge in [-0.1, -0.05) is 48.0 Å². The van der Waals surface area contributed by atoms with Gasteiger partial charge < -0.3 is 9.88 Å². The molecule has 29 heavy (non-hydrogen) atoms. The number of halogens is 1. The number of nitrogens with zero attached hydrogens (tertiary/aromatic N) is 1. The maximum atomic E-state index is 13.2. The number of nitrogens with one attached hydrogen (secondary N) is 1. The van der Waals surface area contributed by atoms with Gasteiger partial charge in [-0.05, 0) is 42.5 Å². The van der Waals surface area contributed by atoms with Gasteiger partial charge in [-0.15, -0.1) is 0 Å². The molecule has 0 aliphatic carbocycles. The smallest absolute Gasteiger partial charge is 0.244 e. The third kappa shape index (κ3) is 3.90. The molecule has 4 aromatic rings. The Hall–Kier alpha value is -3.09. The Morgan fingerprint density at radius 2 is 1.55 bits per heavy atom. The van der Waals surface area contributed by atoms with Gasteiger partial charge in [0.1, 0.15) is 6.54 Å². The van der Waals surface area contributed by atoms with E-state index in [-0.39, 0.29) is 22.2 Å². The molecule has 0 saturated carbocycles. The van der Waals surface area contributed by atoms with E-state index in [2.05, 4.69) is 5.32 Å². The van der Waals surface area contributed by atoms with Gasteiger partial charge in [0.15, 0.2) is 0 Å². The summed E-state index contributed by atoms with van der Waals surface area (Å²) in [6.07, 6.45) is 1.51. The minimum Gasteiger partial charge on any atom is -0.337 e. The van der Waals surface area contributed by atoms with Crippen molar-refractivity contribution in [1.29, 1.82) is 0 Å². The molecular formula is C22H17ClN2O3S. The second kappa shape index (κ2) is 7.73. The highest BCUT2D eigenvalue weighted by atomic mass is 35.5. The molecule has 5 nitrogen and oxygen atoms in total. The van der Waals surface area contributed by atoms with Gasteiger partial charge in [-0.25, -0.2) is 8.42 Å². The molecule has 0 aliphatic heterocycles. The Kier molecular flexibility index (Phi) is 5.13. The van der Waals surface area contributed by atoms with E-state index in [0.29, 0.717) is 21.6 Å². The number of benzene rings is 3. The van der Waals surface area contributed by atoms with Crippen LogP contribution in [0.15, 0.2) is 94.9 Å². The molecule has 0 saturated heterocycles. The zero-order chi connectivity index (χ0) is 20.4. The molecule has 0 radical (unpaired) electrons. The Bertz CT molecular complexity index is 1280. The number of rotatable bonds is 5. The summed E-state index contributed by atoms with van der Waals surface area (Å²) in [6.45, 7) is -0.00839. The van der Waals surface area contributed by atoms with Gasteiger partial charge in [0.2, 0.25) is 15.7 Å². The number of carbonyl (C=O) groups is 1. The monoisotopic (exact) mass is 424 g/mol. The molecule has 3 aromatic carbocycles. The van der Waals surface area contributed by atoms with Gasteiger partial charge in [0.25, 0.3) is 0 Å². The lowest BCUT2D eigenvalue weighted by molar-refractivity contribution is -0.116. The Balaban J connectivity index is 1.72. The molecule has 1 N–H and O–H groups in total. The van der Waals surface area contributed by atoms with Crippen molar-refractivity contribution in [1.82, 2.24) is 4.57 Å². The number of carbonyl (C=O) groups excluding carboxylic acids is 1. The molecule has 4 rings (SSSR count). The summed E-state index contributed by atoms with van der Waals surface area (Å²) in [6, 6.07) is 22.3. The topological polar surface area (TPSA) is 68.2 Å². The lowest BCUT2D eigenvalue weighted by Crippen LogP contribution is -2.18. The Labute approximate surface area is 173 Å². The first-order chi connectivity index (χ1) is 13.9. The first-order valence-electron chi connectivity index (χ1n) is 8.88. The zero-order valence-electron chi connectivity index (χ0n) is 15.2. The number of fused-ring (bicyclic) bond motifs is 1. The molecule has 0 atom stereocenters. The Morgan fingerprint density at radius 3 is 2.28 bits per heavy atom. The normalized spacial score (nSPS) is 11.5. The first kappa shape index (κ1) is 19.2. The van der Waals surface area contributed by atoms with Crippen molar-refractivity contribution in [3.63, 3.8) is 0 Å². The fourth-order valence-corrected chi connectivity index (χ4v) is 4.78. The zero-order valence-corrected chi connectivity index (χ0v) is 16.8. The van der Waals surface area contributed by atoms with E-state index >= 15 is 0 Å². The summed E-state index contributed by atoms with van der Waals surface area (Å²) in [5.41, 5.74) is 1.35. The molecular weight excluding hydrogens is 408 g/mol. The number of aromatic nitrogens is 1. The number of anilines is 1. The molecule has 0 spiro atoms. The van der Waals surface area contributed by atoms with Crippen molar-refractivity contribution in [2.75, 3.05) is 5.32 Å². The fraction of sp³-hybridized carbons (Fsp3) is 0.0455. The van der Waals surface area contributed by atoms with Gasteiger partial charge >= 0.3 is 0 Å². The predicted molar refractivity (Wildman–Crippen MR) is 114 cm³/mol. The van der Waals surface area contributed by atoms with E-state index in [9.17, 15) is 13.2 Å². The summed E-state index contributed by atoms with van der Waals surface area (Å²) in [5.74, 6) is -0.243. The summed E-state index contributed by atoms with van der Waals surface area (Å²) in [5, 5.41) is 3.84. The highest BCUT2D eigenvalue weighted by molar-refractivity contribution is 7.91. The number of para-hydroxylation sites is 2. The Morgan fingerprint density at radius 1 is 0.897 bits per heavy atom. The van der Waals surface area contributed by atoms with Crippen LogP contribution in [0.25, 0.3) is 10.9 Å². The van der Waals surface area contributed by atoms with Crippen molar-refractivity contribution in [3.05, 3.63) is 90.1 Å². The summed E-state index contributed by atoms with van der Waals surface area (Å²) >= 11 is 5.89. The van der Waals surface area contributed by atoms with Crippen LogP contribution in [0.2, 0.25) is 5.02 Å². The quantitative estimate of drug-likeness (QED) is 0.502. The largest absolute Gasteiger partial charge is 0.337 e. The van der Waals surface area contributed by atoms with Gasteiger partial charge in [0.05, 0.1) is 9.79 Å². The van der Waals surface area contributed by atoms with Crippen LogP contribution in [0.5, 0.6) is 0 Å². The van der Waals surface area contributed by atoms with Crippen molar-refractivity contribution in [2.24, 2.45) is 0 Å². The number of amides is 1. The summed E-state index contributed by atoms with van der Waals surface area (Å²) in [4.78, 5) is 12.8. The summed E-state index contributed by atoms with van der Waals surface area (Å²) < 4.78 is 28.0. The van der Waals surface area contributed by atoms with Crippen molar-refractivity contribution >= 4 is 43.9 Å². The SMILES string of the molecule is O=C(Cn1cc(S(=O)(=O)c2ccc(Cl)cc2)c2ccccc21)Nc1ccccc1. The lowest BCUT2D eigenvalue weighted by Gasteiger charge is -2.07. The van der Waals surface area contributed by atoms with E-state index in [1.54, 1.807) is 47.0 Å².